The summed E-state index contributed by atoms with van der Waals surface area (Å²) >= 11 is 4.47. The summed E-state index contributed by atoms with van der Waals surface area (Å²) in [5.41, 5.74) is 1.28. The fourth-order valence-corrected chi connectivity index (χ4v) is 2.99. The van der Waals surface area contributed by atoms with E-state index in [-0.39, 0.29) is 0 Å². The lowest BCUT2D eigenvalue weighted by Gasteiger charge is -2.29. The number of hydrogen-bond acceptors (Lipinski definition) is 2. The number of hydrogen-bond donors (Lipinski definition) is 1. The summed E-state index contributed by atoms with van der Waals surface area (Å²) in [5.74, 6) is 1.45. The van der Waals surface area contributed by atoms with E-state index in [0.29, 0.717) is 18.2 Å². The van der Waals surface area contributed by atoms with E-state index < -0.39 is 0 Å². The number of nitrogens with zero attached hydrogens (tertiary/aromatic N) is 1. The van der Waals surface area contributed by atoms with Crippen LogP contribution >= 0.6 is 12.6 Å². The van der Waals surface area contributed by atoms with E-state index in [2.05, 4.69) is 36.9 Å². The zero-order valence-corrected chi connectivity index (χ0v) is 12.3. The Morgan fingerprint density at radius 3 is 2.58 bits per heavy atom. The highest BCUT2D eigenvalue weighted by Gasteiger charge is 2.20. The first kappa shape index (κ1) is 14.4. The van der Waals surface area contributed by atoms with Crippen molar-refractivity contribution >= 4 is 18.5 Å². The minimum atomic E-state index is 0.322. The van der Waals surface area contributed by atoms with Crippen molar-refractivity contribution in [3.8, 4) is 0 Å². The summed E-state index contributed by atoms with van der Waals surface area (Å²) in [4.78, 5) is 14.2. The minimum Gasteiger partial charge on any atom is -0.342 e. The molecule has 1 saturated heterocycles. The average Bonchev–Trinajstić information content (AvgIpc) is 2.44. The molecule has 1 heterocycles. The number of likely N-dealkylation sites (tertiary alicyclic amines) is 1. The summed E-state index contributed by atoms with van der Waals surface area (Å²) in [6.07, 6.45) is 5.36. The second-order valence-electron chi connectivity index (χ2n) is 5.29. The molecule has 104 valence electrons. The molecule has 1 aliphatic rings. The highest BCUT2D eigenvalue weighted by Crippen LogP contribution is 2.21. The molecule has 2 rings (SSSR count). The molecular formula is C16H23NOS. The molecule has 1 aliphatic heterocycles. The SMILES string of the molecule is O=C1CCCCCCN1CC(CS)c1ccccc1. The highest BCUT2D eigenvalue weighted by atomic mass is 32.1. The molecule has 3 heteroatoms. The molecule has 0 saturated carbocycles. The van der Waals surface area contributed by atoms with Gasteiger partial charge in [0.25, 0.3) is 0 Å². The predicted octanol–water partition coefficient (Wildman–Crippen LogP) is 3.49. The second kappa shape index (κ2) is 7.59. The van der Waals surface area contributed by atoms with E-state index in [9.17, 15) is 4.79 Å². The van der Waals surface area contributed by atoms with E-state index in [1.807, 2.05) is 11.0 Å². The molecule has 1 aromatic carbocycles. The van der Waals surface area contributed by atoms with Gasteiger partial charge in [-0.3, -0.25) is 4.79 Å². The smallest absolute Gasteiger partial charge is 0.222 e. The summed E-state index contributed by atoms with van der Waals surface area (Å²) < 4.78 is 0. The van der Waals surface area contributed by atoms with Gasteiger partial charge in [0, 0.05) is 25.4 Å². The van der Waals surface area contributed by atoms with Gasteiger partial charge in [-0.05, 0) is 24.2 Å². The number of thiol groups is 1. The number of amides is 1. The van der Waals surface area contributed by atoms with Crippen molar-refractivity contribution in [3.05, 3.63) is 35.9 Å². The van der Waals surface area contributed by atoms with Crippen LogP contribution in [0.5, 0.6) is 0 Å². The van der Waals surface area contributed by atoms with Crippen molar-refractivity contribution < 1.29 is 4.79 Å². The third kappa shape index (κ3) is 4.27. The average molecular weight is 277 g/mol. The first-order valence-corrected chi connectivity index (χ1v) is 7.88. The summed E-state index contributed by atoms with van der Waals surface area (Å²) in [7, 11) is 0. The fraction of sp³-hybridized carbons (Fsp3) is 0.562. The quantitative estimate of drug-likeness (QED) is 0.835. The van der Waals surface area contributed by atoms with Gasteiger partial charge in [0.2, 0.25) is 5.91 Å². The van der Waals surface area contributed by atoms with Crippen molar-refractivity contribution in [2.75, 3.05) is 18.8 Å². The largest absolute Gasteiger partial charge is 0.342 e. The highest BCUT2D eigenvalue weighted by molar-refractivity contribution is 7.80. The van der Waals surface area contributed by atoms with Gasteiger partial charge in [0.05, 0.1) is 0 Å². The number of benzene rings is 1. The van der Waals surface area contributed by atoms with Gasteiger partial charge < -0.3 is 4.90 Å². The molecule has 1 fully saturated rings. The third-order valence-corrected chi connectivity index (χ3v) is 4.29. The van der Waals surface area contributed by atoms with Crippen LogP contribution in [0.4, 0.5) is 0 Å². The van der Waals surface area contributed by atoms with Gasteiger partial charge >= 0.3 is 0 Å². The van der Waals surface area contributed by atoms with Crippen LogP contribution in [0.2, 0.25) is 0 Å². The first-order valence-electron chi connectivity index (χ1n) is 7.25. The lowest BCUT2D eigenvalue weighted by molar-refractivity contribution is -0.132. The molecule has 0 aliphatic carbocycles. The van der Waals surface area contributed by atoms with Crippen LogP contribution in [0.3, 0.4) is 0 Å². The van der Waals surface area contributed by atoms with E-state index in [4.69, 9.17) is 0 Å². The van der Waals surface area contributed by atoms with Gasteiger partial charge in [0.1, 0.15) is 0 Å². The summed E-state index contributed by atoms with van der Waals surface area (Å²) in [6.45, 7) is 1.72. The van der Waals surface area contributed by atoms with Crippen LogP contribution in [0.15, 0.2) is 30.3 Å². The van der Waals surface area contributed by atoms with Crippen LogP contribution in [0, 0.1) is 0 Å². The molecule has 0 spiro atoms. The summed E-state index contributed by atoms with van der Waals surface area (Å²) in [5, 5.41) is 0. The lowest BCUT2D eigenvalue weighted by Crippen LogP contribution is -2.36. The van der Waals surface area contributed by atoms with Crippen LogP contribution < -0.4 is 0 Å². The van der Waals surface area contributed by atoms with Crippen LogP contribution in [-0.2, 0) is 4.79 Å². The topological polar surface area (TPSA) is 20.3 Å². The van der Waals surface area contributed by atoms with Crippen molar-refractivity contribution in [1.29, 1.82) is 0 Å². The number of carbonyl (C=O) groups is 1. The van der Waals surface area contributed by atoms with Gasteiger partial charge in [-0.2, -0.15) is 12.6 Å². The van der Waals surface area contributed by atoms with Crippen LogP contribution in [0.1, 0.15) is 43.6 Å². The Balaban J connectivity index is 2.01. The van der Waals surface area contributed by atoms with Crippen molar-refractivity contribution in [2.24, 2.45) is 0 Å². The third-order valence-electron chi connectivity index (χ3n) is 3.85. The van der Waals surface area contributed by atoms with Crippen LogP contribution in [0.25, 0.3) is 0 Å². The maximum Gasteiger partial charge on any atom is 0.222 e. The molecule has 19 heavy (non-hydrogen) atoms. The molecule has 1 amide bonds. The molecule has 0 N–H and O–H groups in total. The Morgan fingerprint density at radius 2 is 1.84 bits per heavy atom. The van der Waals surface area contributed by atoms with Gasteiger partial charge in [-0.1, -0.05) is 43.2 Å². The van der Waals surface area contributed by atoms with E-state index >= 15 is 0 Å². The predicted molar refractivity (Wildman–Crippen MR) is 82.7 cm³/mol. The molecule has 1 unspecified atom stereocenters. The van der Waals surface area contributed by atoms with E-state index in [1.165, 1.54) is 18.4 Å². The van der Waals surface area contributed by atoms with E-state index in [1.54, 1.807) is 0 Å². The van der Waals surface area contributed by atoms with Gasteiger partial charge in [-0.15, -0.1) is 0 Å². The molecule has 1 aromatic rings. The van der Waals surface area contributed by atoms with Crippen molar-refractivity contribution in [3.63, 3.8) is 0 Å². The standard InChI is InChI=1S/C16H23NOS/c18-16-10-6-1-2-7-11-17(16)12-15(13-19)14-8-4-3-5-9-14/h3-5,8-9,15,19H,1-2,6-7,10-13H2. The number of rotatable bonds is 4. The Morgan fingerprint density at radius 1 is 1.11 bits per heavy atom. The molecule has 0 aromatic heterocycles. The number of carbonyl (C=O) groups excluding carboxylic acids is 1. The Hall–Kier alpha value is -0.960. The summed E-state index contributed by atoms with van der Waals surface area (Å²) in [6, 6.07) is 10.4. The lowest BCUT2D eigenvalue weighted by atomic mass is 9.99. The Kier molecular flexibility index (Phi) is 5.77. The van der Waals surface area contributed by atoms with Crippen molar-refractivity contribution in [1.82, 2.24) is 4.90 Å². The molecule has 0 bridgehead atoms. The first-order chi connectivity index (χ1) is 9.31. The maximum absolute atomic E-state index is 12.2. The molecule has 0 radical (unpaired) electrons. The molecular weight excluding hydrogens is 254 g/mol. The molecule has 1 atom stereocenters. The zero-order valence-electron chi connectivity index (χ0n) is 11.4. The van der Waals surface area contributed by atoms with Gasteiger partial charge in [-0.25, -0.2) is 0 Å². The normalized spacial score (nSPS) is 18.8. The van der Waals surface area contributed by atoms with Crippen molar-refractivity contribution in [2.45, 2.75) is 38.0 Å². The zero-order chi connectivity index (χ0) is 13.5. The van der Waals surface area contributed by atoms with Crippen LogP contribution in [-0.4, -0.2) is 29.6 Å². The molecule has 2 nitrogen and oxygen atoms in total. The van der Waals surface area contributed by atoms with E-state index in [0.717, 1.165) is 31.7 Å². The Bertz CT molecular complexity index is 393. The second-order valence-corrected chi connectivity index (χ2v) is 5.66. The Labute approximate surface area is 121 Å². The fourth-order valence-electron chi connectivity index (χ4n) is 2.67. The monoisotopic (exact) mass is 277 g/mol. The minimum absolute atomic E-state index is 0.322. The van der Waals surface area contributed by atoms with Gasteiger partial charge in [0.15, 0.2) is 0 Å². The maximum atomic E-state index is 12.2.